The second kappa shape index (κ2) is 7.58. The highest BCUT2D eigenvalue weighted by Crippen LogP contribution is 2.41. The number of benzene rings is 2. The van der Waals surface area contributed by atoms with Gasteiger partial charge in [-0.3, -0.25) is 14.4 Å². The summed E-state index contributed by atoms with van der Waals surface area (Å²) in [5.74, 6) is -0.888. The number of aryl methyl sites for hydroxylation is 2. The van der Waals surface area contributed by atoms with E-state index in [-0.39, 0.29) is 11.8 Å². The van der Waals surface area contributed by atoms with Crippen molar-refractivity contribution in [1.29, 1.82) is 0 Å². The first-order chi connectivity index (χ1) is 13.5. The molecular weight excluding hydrogens is 352 g/mol. The standard InChI is InChI=1S/C23H24N2O3/c1-14-5-2-3-7-18(14)21(16-9-10-16)25-23(28)22(27)24-17-12-11-15-6-4-8-20(26)19(15)13-17/h2-3,5,7,11-13,16,21H,4,6,8-10H2,1H3,(H,24,27)(H,25,28). The Morgan fingerprint density at radius 1 is 1.04 bits per heavy atom. The zero-order chi connectivity index (χ0) is 19.7. The lowest BCUT2D eigenvalue weighted by Gasteiger charge is -2.20. The van der Waals surface area contributed by atoms with E-state index in [1.54, 1.807) is 12.1 Å². The number of carbonyl (C=O) groups is 3. The number of Topliss-reactive ketones (excluding diaryl/α,β-unsaturated/α-hetero) is 1. The topological polar surface area (TPSA) is 75.3 Å². The molecule has 0 saturated heterocycles. The second-order valence-corrected chi connectivity index (χ2v) is 7.75. The summed E-state index contributed by atoms with van der Waals surface area (Å²) in [5, 5.41) is 5.55. The molecule has 4 rings (SSSR count). The number of carbonyl (C=O) groups excluding carboxylic acids is 3. The van der Waals surface area contributed by atoms with Crippen LogP contribution in [0, 0.1) is 12.8 Å². The number of rotatable bonds is 4. The van der Waals surface area contributed by atoms with Gasteiger partial charge in [0.2, 0.25) is 0 Å². The normalized spacial score (nSPS) is 16.8. The van der Waals surface area contributed by atoms with Gasteiger partial charge in [0.05, 0.1) is 6.04 Å². The van der Waals surface area contributed by atoms with Gasteiger partial charge in [0.1, 0.15) is 0 Å². The first-order valence-corrected chi connectivity index (χ1v) is 9.86. The van der Waals surface area contributed by atoms with Crippen LogP contribution < -0.4 is 10.6 Å². The quantitative estimate of drug-likeness (QED) is 0.799. The van der Waals surface area contributed by atoms with Crippen LogP contribution in [0.4, 0.5) is 5.69 Å². The lowest BCUT2D eigenvalue weighted by atomic mass is 9.90. The Morgan fingerprint density at radius 3 is 2.57 bits per heavy atom. The summed E-state index contributed by atoms with van der Waals surface area (Å²) < 4.78 is 0. The number of fused-ring (bicyclic) bond motifs is 1. The molecule has 0 aromatic heterocycles. The molecule has 1 unspecified atom stereocenters. The molecule has 2 aliphatic carbocycles. The molecule has 28 heavy (non-hydrogen) atoms. The van der Waals surface area contributed by atoms with Gasteiger partial charge in [-0.05, 0) is 67.3 Å². The Kier molecular flexibility index (Phi) is 4.99. The molecule has 2 aromatic carbocycles. The average Bonchev–Trinajstić information content (AvgIpc) is 3.52. The van der Waals surface area contributed by atoms with Gasteiger partial charge in [0, 0.05) is 17.7 Å². The van der Waals surface area contributed by atoms with Crippen molar-refractivity contribution in [3.8, 4) is 0 Å². The molecule has 5 heteroatoms. The SMILES string of the molecule is Cc1ccccc1C(NC(=O)C(=O)Nc1ccc2c(c1)C(=O)CCC2)C1CC1. The number of anilines is 1. The Bertz CT molecular complexity index is 947. The first kappa shape index (κ1) is 18.4. The van der Waals surface area contributed by atoms with Crippen molar-refractivity contribution >= 4 is 23.3 Å². The highest BCUT2D eigenvalue weighted by atomic mass is 16.2. The third kappa shape index (κ3) is 3.84. The molecule has 0 spiro atoms. The summed E-state index contributed by atoms with van der Waals surface area (Å²) in [5.41, 5.74) is 4.30. The molecule has 2 amide bonds. The zero-order valence-corrected chi connectivity index (χ0v) is 16.0. The van der Waals surface area contributed by atoms with E-state index < -0.39 is 11.8 Å². The van der Waals surface area contributed by atoms with Crippen molar-refractivity contribution in [2.24, 2.45) is 5.92 Å². The highest BCUT2D eigenvalue weighted by Gasteiger charge is 2.35. The van der Waals surface area contributed by atoms with Gasteiger partial charge < -0.3 is 10.6 Å². The Hall–Kier alpha value is -2.95. The van der Waals surface area contributed by atoms with Gasteiger partial charge in [0.25, 0.3) is 0 Å². The van der Waals surface area contributed by atoms with Crippen LogP contribution in [-0.4, -0.2) is 17.6 Å². The maximum absolute atomic E-state index is 12.5. The van der Waals surface area contributed by atoms with Crippen LogP contribution >= 0.6 is 0 Å². The summed E-state index contributed by atoms with van der Waals surface area (Å²) in [6.45, 7) is 2.01. The maximum Gasteiger partial charge on any atom is 0.313 e. The van der Waals surface area contributed by atoms with Crippen molar-refractivity contribution in [2.45, 2.75) is 45.1 Å². The molecule has 5 nitrogen and oxygen atoms in total. The number of amides is 2. The van der Waals surface area contributed by atoms with E-state index in [2.05, 4.69) is 10.6 Å². The molecule has 0 bridgehead atoms. The van der Waals surface area contributed by atoms with E-state index in [0.717, 1.165) is 42.4 Å². The molecule has 0 heterocycles. The van der Waals surface area contributed by atoms with Crippen LogP contribution in [0.25, 0.3) is 0 Å². The third-order valence-corrected chi connectivity index (χ3v) is 5.63. The molecule has 0 aliphatic heterocycles. The van der Waals surface area contributed by atoms with Gasteiger partial charge >= 0.3 is 11.8 Å². The molecule has 2 aliphatic rings. The third-order valence-electron chi connectivity index (χ3n) is 5.63. The molecule has 1 fully saturated rings. The van der Waals surface area contributed by atoms with Crippen molar-refractivity contribution < 1.29 is 14.4 Å². The van der Waals surface area contributed by atoms with E-state index in [1.807, 2.05) is 37.3 Å². The molecular formula is C23H24N2O3. The Balaban J connectivity index is 1.46. The predicted molar refractivity (Wildman–Crippen MR) is 107 cm³/mol. The monoisotopic (exact) mass is 376 g/mol. The minimum absolute atomic E-state index is 0.0927. The van der Waals surface area contributed by atoms with Crippen LogP contribution in [-0.2, 0) is 16.0 Å². The number of hydrogen-bond donors (Lipinski definition) is 2. The smallest absolute Gasteiger partial charge is 0.313 e. The van der Waals surface area contributed by atoms with E-state index >= 15 is 0 Å². The maximum atomic E-state index is 12.5. The number of hydrogen-bond acceptors (Lipinski definition) is 3. The van der Waals surface area contributed by atoms with Gasteiger partial charge in [0.15, 0.2) is 5.78 Å². The minimum Gasteiger partial charge on any atom is -0.341 e. The van der Waals surface area contributed by atoms with E-state index in [0.29, 0.717) is 23.6 Å². The van der Waals surface area contributed by atoms with Crippen molar-refractivity contribution in [3.63, 3.8) is 0 Å². The van der Waals surface area contributed by atoms with Crippen LogP contribution in [0.1, 0.15) is 58.8 Å². The van der Waals surface area contributed by atoms with E-state index in [4.69, 9.17) is 0 Å². The van der Waals surface area contributed by atoms with Gasteiger partial charge in [-0.25, -0.2) is 0 Å². The zero-order valence-electron chi connectivity index (χ0n) is 16.0. The number of ketones is 1. The average molecular weight is 376 g/mol. The number of nitrogens with one attached hydrogen (secondary N) is 2. The van der Waals surface area contributed by atoms with Crippen LogP contribution in [0.5, 0.6) is 0 Å². The molecule has 0 radical (unpaired) electrons. The first-order valence-electron chi connectivity index (χ1n) is 9.86. The van der Waals surface area contributed by atoms with E-state index in [9.17, 15) is 14.4 Å². The van der Waals surface area contributed by atoms with Crippen molar-refractivity contribution in [3.05, 3.63) is 64.7 Å². The van der Waals surface area contributed by atoms with E-state index in [1.165, 1.54) is 0 Å². The molecule has 144 valence electrons. The summed E-state index contributed by atoms with van der Waals surface area (Å²) in [4.78, 5) is 37.1. The van der Waals surface area contributed by atoms with Gasteiger partial charge in [-0.1, -0.05) is 30.3 Å². The summed E-state index contributed by atoms with van der Waals surface area (Å²) >= 11 is 0. The fraction of sp³-hybridized carbons (Fsp3) is 0.348. The Labute approximate surface area is 164 Å². The molecule has 1 saturated carbocycles. The Morgan fingerprint density at radius 2 is 1.82 bits per heavy atom. The van der Waals surface area contributed by atoms with Crippen molar-refractivity contribution in [2.75, 3.05) is 5.32 Å². The van der Waals surface area contributed by atoms with Gasteiger partial charge in [-0.2, -0.15) is 0 Å². The fourth-order valence-corrected chi connectivity index (χ4v) is 3.92. The predicted octanol–water partition coefficient (Wildman–Crippen LogP) is 3.72. The van der Waals surface area contributed by atoms with Crippen LogP contribution in [0.3, 0.4) is 0 Å². The second-order valence-electron chi connectivity index (χ2n) is 7.75. The van der Waals surface area contributed by atoms with Crippen LogP contribution in [0.2, 0.25) is 0 Å². The van der Waals surface area contributed by atoms with Gasteiger partial charge in [-0.15, -0.1) is 0 Å². The minimum atomic E-state index is -0.706. The van der Waals surface area contributed by atoms with Crippen molar-refractivity contribution in [1.82, 2.24) is 5.32 Å². The lowest BCUT2D eigenvalue weighted by molar-refractivity contribution is -0.136. The highest BCUT2D eigenvalue weighted by molar-refractivity contribution is 6.39. The summed E-state index contributed by atoms with van der Waals surface area (Å²) in [6, 6.07) is 13.1. The summed E-state index contributed by atoms with van der Waals surface area (Å²) in [7, 11) is 0. The molecule has 2 N–H and O–H groups in total. The fourth-order valence-electron chi connectivity index (χ4n) is 3.92. The lowest BCUT2D eigenvalue weighted by Crippen LogP contribution is -2.38. The molecule has 1 atom stereocenters. The largest absolute Gasteiger partial charge is 0.341 e. The summed E-state index contributed by atoms with van der Waals surface area (Å²) in [6.07, 6.45) is 4.36. The van der Waals surface area contributed by atoms with Crippen LogP contribution in [0.15, 0.2) is 42.5 Å². The molecule has 2 aromatic rings.